The van der Waals surface area contributed by atoms with Crippen LogP contribution in [0.2, 0.25) is 0 Å². The first-order chi connectivity index (χ1) is 11.1. The van der Waals surface area contributed by atoms with Gasteiger partial charge in [-0.05, 0) is 31.5 Å². The number of carbonyl (C=O) groups is 2. The van der Waals surface area contributed by atoms with Crippen LogP contribution in [0.3, 0.4) is 0 Å². The molecule has 122 valence electrons. The number of carbonyl (C=O) groups excluding carboxylic acids is 2. The quantitative estimate of drug-likeness (QED) is 0.765. The molecule has 0 aliphatic rings. The zero-order valence-electron chi connectivity index (χ0n) is 13.2. The summed E-state index contributed by atoms with van der Waals surface area (Å²) in [6.07, 6.45) is 1.58. The molecule has 0 bridgehead atoms. The van der Waals surface area contributed by atoms with Gasteiger partial charge in [-0.25, -0.2) is 4.79 Å². The predicted octanol–water partition coefficient (Wildman–Crippen LogP) is 2.52. The zero-order valence-corrected chi connectivity index (χ0v) is 13.2. The topological polar surface area (TPSA) is 83.4 Å². The molecule has 0 saturated heterocycles. The third-order valence-corrected chi connectivity index (χ3v) is 3.36. The molecule has 0 fully saturated rings. The van der Waals surface area contributed by atoms with Crippen LogP contribution in [0, 0.1) is 0 Å². The molecule has 3 amide bonds. The molecule has 2 rings (SSSR count). The van der Waals surface area contributed by atoms with Crippen LogP contribution < -0.4 is 16.0 Å². The Labute approximate surface area is 135 Å². The summed E-state index contributed by atoms with van der Waals surface area (Å²) in [4.78, 5) is 24.1. The highest BCUT2D eigenvalue weighted by molar-refractivity contribution is 5.97. The lowest BCUT2D eigenvalue weighted by molar-refractivity contribution is -0.122. The van der Waals surface area contributed by atoms with Crippen molar-refractivity contribution in [1.82, 2.24) is 16.0 Å². The van der Waals surface area contributed by atoms with Gasteiger partial charge in [-0.15, -0.1) is 0 Å². The number of nitrogens with one attached hydrogen (secondary N) is 3. The lowest BCUT2D eigenvalue weighted by atomic mass is 10.0. The Balaban J connectivity index is 2.15. The second-order valence-corrected chi connectivity index (χ2v) is 5.10. The Morgan fingerprint density at radius 1 is 1.13 bits per heavy atom. The standard InChI is InChI=1S/C17H21N3O3/c1-3-18-17(22)20-16(21)15(13-8-5-4-6-9-13)19-12(2)14-10-7-11-23-14/h4-12,15,19H,3H2,1-2H3,(H2,18,20,21,22)/t12-,15+/m0/s1. The van der Waals surface area contributed by atoms with Gasteiger partial charge in [0.2, 0.25) is 5.91 Å². The Morgan fingerprint density at radius 2 is 1.87 bits per heavy atom. The van der Waals surface area contributed by atoms with Crippen LogP contribution in [0.15, 0.2) is 53.1 Å². The molecule has 6 heteroatoms. The van der Waals surface area contributed by atoms with Gasteiger partial charge < -0.3 is 9.73 Å². The van der Waals surface area contributed by atoms with Crippen LogP contribution in [0.25, 0.3) is 0 Å². The van der Waals surface area contributed by atoms with E-state index in [1.54, 1.807) is 19.3 Å². The zero-order chi connectivity index (χ0) is 16.7. The molecule has 1 heterocycles. The molecule has 1 aromatic heterocycles. The van der Waals surface area contributed by atoms with E-state index in [0.29, 0.717) is 6.54 Å². The first kappa shape index (κ1) is 16.8. The maximum absolute atomic E-state index is 12.5. The van der Waals surface area contributed by atoms with Crippen molar-refractivity contribution in [2.24, 2.45) is 0 Å². The molecule has 0 radical (unpaired) electrons. The van der Waals surface area contributed by atoms with Crippen LogP contribution in [0.5, 0.6) is 0 Å². The third-order valence-electron chi connectivity index (χ3n) is 3.36. The van der Waals surface area contributed by atoms with Crippen molar-refractivity contribution in [3.63, 3.8) is 0 Å². The van der Waals surface area contributed by atoms with Gasteiger partial charge in [0, 0.05) is 6.54 Å². The van der Waals surface area contributed by atoms with E-state index >= 15 is 0 Å². The molecule has 1 aromatic carbocycles. The number of urea groups is 1. The molecule has 2 atom stereocenters. The molecule has 0 saturated carbocycles. The number of benzene rings is 1. The minimum Gasteiger partial charge on any atom is -0.468 e. The van der Waals surface area contributed by atoms with Crippen molar-refractivity contribution < 1.29 is 14.0 Å². The Hall–Kier alpha value is -2.60. The number of rotatable bonds is 6. The maximum Gasteiger partial charge on any atom is 0.321 e. The van der Waals surface area contributed by atoms with E-state index in [9.17, 15) is 9.59 Å². The molecular formula is C17H21N3O3. The van der Waals surface area contributed by atoms with Gasteiger partial charge in [-0.1, -0.05) is 30.3 Å². The van der Waals surface area contributed by atoms with Crippen molar-refractivity contribution in [2.45, 2.75) is 25.9 Å². The minimum absolute atomic E-state index is 0.185. The van der Waals surface area contributed by atoms with Gasteiger partial charge in [0.05, 0.1) is 12.3 Å². The summed E-state index contributed by atoms with van der Waals surface area (Å²) in [5.74, 6) is 0.303. The van der Waals surface area contributed by atoms with Gasteiger partial charge >= 0.3 is 6.03 Å². The molecular weight excluding hydrogens is 294 g/mol. The summed E-state index contributed by atoms with van der Waals surface area (Å²) in [7, 11) is 0. The predicted molar refractivity (Wildman–Crippen MR) is 86.7 cm³/mol. The Kier molecular flexibility index (Phi) is 5.94. The number of amides is 3. The fourth-order valence-electron chi connectivity index (χ4n) is 2.23. The van der Waals surface area contributed by atoms with E-state index in [2.05, 4.69) is 16.0 Å². The van der Waals surface area contributed by atoms with Gasteiger partial charge in [0.1, 0.15) is 11.8 Å². The molecule has 0 aliphatic heterocycles. The van der Waals surface area contributed by atoms with Crippen molar-refractivity contribution >= 4 is 11.9 Å². The molecule has 3 N–H and O–H groups in total. The summed E-state index contributed by atoms with van der Waals surface area (Å²) in [6.45, 7) is 4.13. The molecule has 0 unspecified atom stereocenters. The highest BCUT2D eigenvalue weighted by atomic mass is 16.3. The molecule has 2 aromatic rings. The van der Waals surface area contributed by atoms with Gasteiger partial charge in [0.15, 0.2) is 0 Å². The van der Waals surface area contributed by atoms with Gasteiger partial charge in [-0.3, -0.25) is 15.4 Å². The first-order valence-electron chi connectivity index (χ1n) is 7.55. The van der Waals surface area contributed by atoms with Crippen LogP contribution in [0.1, 0.15) is 37.3 Å². The second kappa shape index (κ2) is 8.14. The van der Waals surface area contributed by atoms with Crippen molar-refractivity contribution in [3.05, 3.63) is 60.1 Å². The van der Waals surface area contributed by atoms with Crippen molar-refractivity contribution in [2.75, 3.05) is 6.54 Å². The maximum atomic E-state index is 12.5. The average molecular weight is 315 g/mol. The summed E-state index contributed by atoms with van der Waals surface area (Å²) < 4.78 is 5.36. The van der Waals surface area contributed by atoms with E-state index in [1.165, 1.54) is 0 Å². The van der Waals surface area contributed by atoms with Crippen molar-refractivity contribution in [1.29, 1.82) is 0 Å². The summed E-state index contributed by atoms with van der Waals surface area (Å²) in [5, 5.41) is 8.09. The monoisotopic (exact) mass is 315 g/mol. The van der Waals surface area contributed by atoms with Crippen molar-refractivity contribution in [3.8, 4) is 0 Å². The lowest BCUT2D eigenvalue weighted by Crippen LogP contribution is -2.45. The summed E-state index contributed by atoms with van der Waals surface area (Å²) >= 11 is 0. The number of imide groups is 1. The van der Waals surface area contributed by atoms with Crippen LogP contribution in [-0.4, -0.2) is 18.5 Å². The fraction of sp³-hybridized carbons (Fsp3) is 0.294. The normalized spacial score (nSPS) is 13.1. The Bertz CT molecular complexity index is 626. The highest BCUT2D eigenvalue weighted by Gasteiger charge is 2.25. The third kappa shape index (κ3) is 4.69. The average Bonchev–Trinajstić information content (AvgIpc) is 3.07. The lowest BCUT2D eigenvalue weighted by Gasteiger charge is -2.22. The first-order valence-corrected chi connectivity index (χ1v) is 7.55. The van der Waals surface area contributed by atoms with E-state index in [0.717, 1.165) is 11.3 Å². The minimum atomic E-state index is -0.668. The molecule has 6 nitrogen and oxygen atoms in total. The Morgan fingerprint density at radius 3 is 2.48 bits per heavy atom. The SMILES string of the molecule is CCNC(=O)NC(=O)[C@H](N[C@@H](C)c1ccco1)c1ccccc1. The number of furan rings is 1. The van der Waals surface area contributed by atoms with Gasteiger partial charge in [0.25, 0.3) is 0 Å². The molecule has 23 heavy (non-hydrogen) atoms. The molecule has 0 aliphatic carbocycles. The largest absolute Gasteiger partial charge is 0.468 e. The fourth-order valence-corrected chi connectivity index (χ4v) is 2.23. The van der Waals surface area contributed by atoms with Crippen LogP contribution >= 0.6 is 0 Å². The van der Waals surface area contributed by atoms with E-state index in [4.69, 9.17) is 4.42 Å². The highest BCUT2D eigenvalue weighted by Crippen LogP contribution is 2.20. The number of hydrogen-bond donors (Lipinski definition) is 3. The van der Waals surface area contributed by atoms with Crippen LogP contribution in [0.4, 0.5) is 4.79 Å². The smallest absolute Gasteiger partial charge is 0.321 e. The summed E-state index contributed by atoms with van der Waals surface area (Å²) in [5.41, 5.74) is 0.771. The van der Waals surface area contributed by atoms with E-state index in [-0.39, 0.29) is 6.04 Å². The molecule has 0 spiro atoms. The van der Waals surface area contributed by atoms with Gasteiger partial charge in [-0.2, -0.15) is 0 Å². The van der Waals surface area contributed by atoms with E-state index < -0.39 is 18.0 Å². The second-order valence-electron chi connectivity index (χ2n) is 5.10. The number of hydrogen-bond acceptors (Lipinski definition) is 4. The summed E-state index contributed by atoms with van der Waals surface area (Å²) in [6, 6.07) is 11.5. The van der Waals surface area contributed by atoms with Crippen LogP contribution in [-0.2, 0) is 4.79 Å². The van der Waals surface area contributed by atoms with E-state index in [1.807, 2.05) is 43.3 Å².